The normalized spacial score (nSPS) is 10.6. The SMILES string of the molecule is C/C=C/C=C/C(=O)[O-].O=P(O)(O)O.[K+]. The Morgan fingerprint density at radius 2 is 1.64 bits per heavy atom. The Balaban J connectivity index is -0.000000177. The number of carbonyl (C=O) groups is 1. The molecule has 6 nitrogen and oxygen atoms in total. The van der Waals surface area contributed by atoms with Gasteiger partial charge in [-0.1, -0.05) is 18.2 Å². The van der Waals surface area contributed by atoms with Crippen molar-refractivity contribution < 1.29 is 80.5 Å². The molecule has 0 aromatic carbocycles. The minimum Gasteiger partial charge on any atom is -0.545 e. The van der Waals surface area contributed by atoms with Crippen LogP contribution in [-0.2, 0) is 9.36 Å². The van der Waals surface area contributed by atoms with Gasteiger partial charge in [0.1, 0.15) is 0 Å². The van der Waals surface area contributed by atoms with E-state index in [9.17, 15) is 9.90 Å². The van der Waals surface area contributed by atoms with E-state index in [1.165, 1.54) is 6.08 Å². The molecule has 0 aliphatic heterocycles. The van der Waals surface area contributed by atoms with Crippen LogP contribution in [0.15, 0.2) is 24.3 Å². The van der Waals surface area contributed by atoms with Crippen molar-refractivity contribution >= 4 is 13.8 Å². The molecule has 0 spiro atoms. The van der Waals surface area contributed by atoms with Crippen LogP contribution in [0.4, 0.5) is 0 Å². The second-order valence-corrected chi connectivity index (χ2v) is 2.74. The van der Waals surface area contributed by atoms with Crippen LogP contribution >= 0.6 is 7.82 Å². The Kier molecular flexibility index (Phi) is 16.9. The van der Waals surface area contributed by atoms with Crippen molar-refractivity contribution in [2.45, 2.75) is 6.92 Å². The smallest absolute Gasteiger partial charge is 0.545 e. The van der Waals surface area contributed by atoms with Crippen LogP contribution in [0.1, 0.15) is 6.92 Å². The van der Waals surface area contributed by atoms with Crippen LogP contribution in [0.25, 0.3) is 0 Å². The van der Waals surface area contributed by atoms with Gasteiger partial charge in [0.25, 0.3) is 0 Å². The Labute approximate surface area is 124 Å². The number of carboxylic acid groups (broad SMARTS) is 1. The molecule has 0 unspecified atom stereocenters. The van der Waals surface area contributed by atoms with Crippen molar-refractivity contribution in [1.29, 1.82) is 0 Å². The number of phosphoric acid groups is 1. The average molecular weight is 248 g/mol. The van der Waals surface area contributed by atoms with Gasteiger partial charge in [0.15, 0.2) is 0 Å². The molecule has 0 radical (unpaired) electrons. The number of carbonyl (C=O) groups excluding carboxylic acids is 1. The summed E-state index contributed by atoms with van der Waals surface area (Å²) in [4.78, 5) is 31.2. The number of hydrogen-bond acceptors (Lipinski definition) is 3. The molecule has 0 bridgehead atoms. The number of rotatable bonds is 2. The van der Waals surface area contributed by atoms with Gasteiger partial charge in [-0.3, -0.25) is 0 Å². The maximum absolute atomic E-state index is 9.64. The molecule has 0 heterocycles. The Hall–Kier alpha value is 0.696. The van der Waals surface area contributed by atoms with E-state index < -0.39 is 13.8 Å². The first-order valence-corrected chi connectivity index (χ1v) is 4.62. The van der Waals surface area contributed by atoms with Crippen molar-refractivity contribution in [2.75, 3.05) is 0 Å². The number of hydrogen-bond donors (Lipinski definition) is 3. The molecule has 0 rings (SSSR count). The van der Waals surface area contributed by atoms with E-state index in [1.807, 2.05) is 0 Å². The molecule has 3 N–H and O–H groups in total. The van der Waals surface area contributed by atoms with Crippen LogP contribution in [-0.4, -0.2) is 20.6 Å². The van der Waals surface area contributed by atoms with Crippen molar-refractivity contribution in [3.63, 3.8) is 0 Å². The third-order valence-electron chi connectivity index (χ3n) is 0.536. The first kappa shape index (κ1) is 20.2. The average Bonchev–Trinajstić information content (AvgIpc) is 1.83. The van der Waals surface area contributed by atoms with Crippen LogP contribution in [0.3, 0.4) is 0 Å². The zero-order chi connectivity index (χ0) is 10.9. The third kappa shape index (κ3) is 53.5. The molecular formula is C6H10KO6P. The summed E-state index contributed by atoms with van der Waals surface area (Å²) >= 11 is 0. The van der Waals surface area contributed by atoms with Crippen molar-refractivity contribution in [2.24, 2.45) is 0 Å². The summed E-state index contributed by atoms with van der Waals surface area (Å²) in [6.07, 6.45) is 5.74. The third-order valence-corrected chi connectivity index (χ3v) is 0.536. The molecule has 0 amide bonds. The van der Waals surface area contributed by atoms with Crippen molar-refractivity contribution in [3.05, 3.63) is 24.3 Å². The molecule has 14 heavy (non-hydrogen) atoms. The summed E-state index contributed by atoms with van der Waals surface area (Å²) in [5, 5.41) is 9.64. The van der Waals surface area contributed by atoms with Gasteiger partial charge in [0.2, 0.25) is 0 Å². The van der Waals surface area contributed by atoms with Gasteiger partial charge in [-0.15, -0.1) is 0 Å². The van der Waals surface area contributed by atoms with Crippen LogP contribution in [0.5, 0.6) is 0 Å². The molecule has 0 atom stereocenters. The molecule has 8 heteroatoms. The first-order valence-electron chi connectivity index (χ1n) is 3.06. The summed E-state index contributed by atoms with van der Waals surface area (Å²) < 4.78 is 8.88. The minimum absolute atomic E-state index is 0. The minimum atomic E-state index is -4.64. The fourth-order valence-electron chi connectivity index (χ4n) is 0.245. The summed E-state index contributed by atoms with van der Waals surface area (Å²) in [7, 11) is -4.64. The van der Waals surface area contributed by atoms with Gasteiger partial charge in [-0.05, 0) is 13.0 Å². The topological polar surface area (TPSA) is 118 Å². The predicted octanol–water partition coefficient (Wildman–Crippen LogP) is -4.06. The van der Waals surface area contributed by atoms with E-state index in [0.29, 0.717) is 0 Å². The Morgan fingerprint density at radius 1 is 1.29 bits per heavy atom. The van der Waals surface area contributed by atoms with E-state index >= 15 is 0 Å². The second kappa shape index (κ2) is 11.8. The van der Waals surface area contributed by atoms with E-state index in [0.717, 1.165) is 6.08 Å². The second-order valence-electron chi connectivity index (χ2n) is 1.72. The first-order chi connectivity index (χ1) is 5.77. The van der Waals surface area contributed by atoms with Crippen LogP contribution in [0, 0.1) is 0 Å². The van der Waals surface area contributed by atoms with Gasteiger partial charge in [0.05, 0.1) is 5.97 Å². The Morgan fingerprint density at radius 3 is 1.86 bits per heavy atom. The molecular weight excluding hydrogens is 238 g/mol. The number of aliphatic carboxylic acids is 1. The number of allylic oxidation sites excluding steroid dienone is 3. The van der Waals surface area contributed by atoms with Crippen molar-refractivity contribution in [1.82, 2.24) is 0 Å². The summed E-state index contributed by atoms with van der Waals surface area (Å²) in [6.45, 7) is 1.81. The van der Waals surface area contributed by atoms with Crippen LogP contribution < -0.4 is 56.5 Å². The summed E-state index contributed by atoms with van der Waals surface area (Å²) in [6, 6.07) is 0. The zero-order valence-electron chi connectivity index (χ0n) is 7.82. The molecule has 0 aromatic heterocycles. The van der Waals surface area contributed by atoms with Gasteiger partial charge < -0.3 is 24.6 Å². The fraction of sp³-hybridized carbons (Fsp3) is 0.167. The van der Waals surface area contributed by atoms with Gasteiger partial charge in [-0.25, -0.2) is 4.57 Å². The fourth-order valence-corrected chi connectivity index (χ4v) is 0.245. The molecule has 0 aromatic rings. The van der Waals surface area contributed by atoms with E-state index in [2.05, 4.69) is 0 Å². The summed E-state index contributed by atoms with van der Waals surface area (Å²) in [5.41, 5.74) is 0. The van der Waals surface area contributed by atoms with Gasteiger partial charge >= 0.3 is 59.2 Å². The van der Waals surface area contributed by atoms with Gasteiger partial charge in [0, 0.05) is 0 Å². The van der Waals surface area contributed by atoms with Crippen molar-refractivity contribution in [3.8, 4) is 0 Å². The van der Waals surface area contributed by atoms with E-state index in [-0.39, 0.29) is 51.4 Å². The van der Waals surface area contributed by atoms with Gasteiger partial charge in [-0.2, -0.15) is 0 Å². The molecule has 0 aliphatic rings. The quantitative estimate of drug-likeness (QED) is 0.198. The maximum Gasteiger partial charge on any atom is 1.00 e. The van der Waals surface area contributed by atoms with E-state index in [4.69, 9.17) is 19.2 Å². The molecule has 0 saturated heterocycles. The zero-order valence-corrected chi connectivity index (χ0v) is 11.8. The molecule has 0 fully saturated rings. The largest absolute Gasteiger partial charge is 1.00 e. The predicted molar refractivity (Wildman–Crippen MR) is 43.2 cm³/mol. The number of carboxylic acids is 1. The molecule has 0 saturated carbocycles. The Bertz CT molecular complexity index is 234. The monoisotopic (exact) mass is 248 g/mol. The van der Waals surface area contributed by atoms with E-state index in [1.54, 1.807) is 19.1 Å². The van der Waals surface area contributed by atoms with Crippen LogP contribution in [0.2, 0.25) is 0 Å². The maximum atomic E-state index is 9.64. The summed E-state index contributed by atoms with van der Waals surface area (Å²) in [5.74, 6) is -1.16. The molecule has 76 valence electrons. The molecule has 0 aliphatic carbocycles. The standard InChI is InChI=1S/C6H8O2.K.H3O4P/c1-2-3-4-5-6(7)8;;1-5(2,3)4/h2-5H,1H3,(H,7,8);;(H3,1,2,3,4)/q;+1;/p-1/b3-2+,5-4+;;.